The molecule has 4 nitrogen and oxygen atoms in total. The summed E-state index contributed by atoms with van der Waals surface area (Å²) < 4.78 is 4.83. The van der Waals surface area contributed by atoms with Crippen molar-refractivity contribution in [1.82, 2.24) is 4.57 Å². The Hall–Kier alpha value is -2.01. The van der Waals surface area contributed by atoms with E-state index in [1.165, 1.54) is 42.8 Å². The van der Waals surface area contributed by atoms with Gasteiger partial charge in [-0.05, 0) is 55.7 Å². The Morgan fingerprint density at radius 1 is 1.00 bits per heavy atom. The van der Waals surface area contributed by atoms with E-state index in [4.69, 9.17) is 44.7 Å². The van der Waals surface area contributed by atoms with Crippen LogP contribution in [-0.2, 0) is 24.3 Å². The van der Waals surface area contributed by atoms with Gasteiger partial charge in [-0.1, -0.05) is 47.3 Å². The van der Waals surface area contributed by atoms with Gasteiger partial charge in [0.1, 0.15) is 12.7 Å². The molecule has 164 valence electrons. The second kappa shape index (κ2) is 11.0. The van der Waals surface area contributed by atoms with Gasteiger partial charge in [-0.3, -0.25) is 4.79 Å². The van der Waals surface area contributed by atoms with Gasteiger partial charge in [0.15, 0.2) is 5.69 Å². The molecule has 0 unspecified atom stereocenters. The standard InChI is InChI=1S/C22H22Cl3N2.C2H4O2/c23-18-9-6-16(7-10-18)21-15-26(14-17-8-11-19(24)13-20(17)25)22-5-3-1-2-4-12-27(21)22;1-2(3)4/h6-11,13,15H,1-5,12,14H2;1H3,(H,3,4)/q+1;. The summed E-state index contributed by atoms with van der Waals surface area (Å²) in [5, 5.41) is 9.57. The molecule has 3 aromatic rings. The molecule has 1 N–H and O–H groups in total. The number of rotatable bonds is 3. The lowest BCUT2D eigenvalue weighted by molar-refractivity contribution is -0.695. The van der Waals surface area contributed by atoms with Crippen LogP contribution in [0.4, 0.5) is 0 Å². The Labute approximate surface area is 198 Å². The van der Waals surface area contributed by atoms with Gasteiger partial charge in [-0.15, -0.1) is 0 Å². The lowest BCUT2D eigenvalue weighted by Crippen LogP contribution is -2.38. The highest BCUT2D eigenvalue weighted by Gasteiger charge is 2.25. The van der Waals surface area contributed by atoms with Crippen molar-refractivity contribution < 1.29 is 14.5 Å². The third kappa shape index (κ3) is 6.49. The Balaban J connectivity index is 0.000000628. The van der Waals surface area contributed by atoms with Crippen LogP contribution >= 0.6 is 34.8 Å². The van der Waals surface area contributed by atoms with Gasteiger partial charge in [-0.25, -0.2) is 9.13 Å². The summed E-state index contributed by atoms with van der Waals surface area (Å²) in [6.45, 7) is 2.88. The molecule has 31 heavy (non-hydrogen) atoms. The molecule has 0 atom stereocenters. The Bertz CT molecular complexity index is 1040. The summed E-state index contributed by atoms with van der Waals surface area (Å²) in [4.78, 5) is 9.00. The van der Waals surface area contributed by atoms with Gasteiger partial charge in [0, 0.05) is 39.5 Å². The molecule has 0 fully saturated rings. The van der Waals surface area contributed by atoms with Crippen LogP contribution in [0.3, 0.4) is 0 Å². The maximum Gasteiger partial charge on any atom is 0.300 e. The summed E-state index contributed by atoms with van der Waals surface area (Å²) in [6, 6.07) is 13.9. The first-order chi connectivity index (χ1) is 14.8. The smallest absolute Gasteiger partial charge is 0.300 e. The number of hydrogen-bond acceptors (Lipinski definition) is 1. The van der Waals surface area contributed by atoms with E-state index in [-0.39, 0.29) is 0 Å². The molecule has 1 aliphatic heterocycles. The molecule has 0 spiro atoms. The first-order valence-corrected chi connectivity index (χ1v) is 11.5. The number of fused-ring (bicyclic) bond motifs is 1. The number of aromatic nitrogens is 2. The number of carboxylic acids is 1. The molecule has 1 aromatic heterocycles. The highest BCUT2D eigenvalue weighted by molar-refractivity contribution is 6.35. The van der Waals surface area contributed by atoms with Gasteiger partial charge in [0.05, 0.1) is 6.54 Å². The Morgan fingerprint density at radius 3 is 2.32 bits per heavy atom. The predicted molar refractivity (Wildman–Crippen MR) is 126 cm³/mol. The fourth-order valence-electron chi connectivity index (χ4n) is 3.84. The average Bonchev–Trinajstić information content (AvgIpc) is 3.00. The summed E-state index contributed by atoms with van der Waals surface area (Å²) in [6.07, 6.45) is 8.36. The van der Waals surface area contributed by atoms with Crippen LogP contribution in [0.15, 0.2) is 48.7 Å². The molecule has 0 saturated carbocycles. The number of hydrogen-bond donors (Lipinski definition) is 1. The van der Waals surface area contributed by atoms with E-state index in [1.54, 1.807) is 0 Å². The SMILES string of the molecule is CC(=O)O.Clc1ccc(-c2c[n+](Cc3ccc(Cl)cc3Cl)c3n2CCCCCC3)cc1. The lowest BCUT2D eigenvalue weighted by atomic mass is 10.1. The van der Waals surface area contributed by atoms with Crippen molar-refractivity contribution >= 4 is 40.8 Å². The van der Waals surface area contributed by atoms with Crippen molar-refractivity contribution in [3.05, 3.63) is 75.1 Å². The van der Waals surface area contributed by atoms with Crippen LogP contribution in [0, 0.1) is 0 Å². The van der Waals surface area contributed by atoms with Crippen LogP contribution in [0.25, 0.3) is 11.3 Å². The number of nitrogens with zero attached hydrogens (tertiary/aromatic N) is 2. The maximum atomic E-state index is 9.00. The lowest BCUT2D eigenvalue weighted by Gasteiger charge is -2.11. The molecule has 2 heterocycles. The van der Waals surface area contributed by atoms with E-state index in [0.717, 1.165) is 37.0 Å². The summed E-state index contributed by atoms with van der Waals surface area (Å²) in [5.41, 5.74) is 3.53. The average molecular weight is 481 g/mol. The third-order valence-corrected chi connectivity index (χ3v) is 6.08. The first kappa shape index (κ1) is 23.6. The highest BCUT2D eigenvalue weighted by atomic mass is 35.5. The predicted octanol–water partition coefficient (Wildman–Crippen LogP) is 6.66. The quantitative estimate of drug-likeness (QED) is 0.426. The number of benzene rings is 2. The number of imidazole rings is 1. The molecule has 7 heteroatoms. The first-order valence-electron chi connectivity index (χ1n) is 10.4. The summed E-state index contributed by atoms with van der Waals surface area (Å²) in [7, 11) is 0. The second-order valence-corrected chi connectivity index (χ2v) is 8.92. The van der Waals surface area contributed by atoms with Gasteiger partial charge in [-0.2, -0.15) is 0 Å². The summed E-state index contributed by atoms with van der Waals surface area (Å²) >= 11 is 18.6. The largest absolute Gasteiger partial charge is 0.481 e. The minimum atomic E-state index is -0.833. The fourth-order valence-corrected chi connectivity index (χ4v) is 4.44. The molecule has 1 aliphatic rings. The van der Waals surface area contributed by atoms with Crippen molar-refractivity contribution in [2.45, 2.75) is 52.1 Å². The van der Waals surface area contributed by atoms with Crippen LogP contribution in [0.2, 0.25) is 15.1 Å². The summed E-state index contributed by atoms with van der Waals surface area (Å²) in [5.74, 6) is 0.533. The van der Waals surface area contributed by atoms with E-state index in [0.29, 0.717) is 10.0 Å². The van der Waals surface area contributed by atoms with E-state index in [1.807, 2.05) is 30.3 Å². The Kier molecular flexibility index (Phi) is 8.42. The van der Waals surface area contributed by atoms with Gasteiger partial charge < -0.3 is 5.11 Å². The van der Waals surface area contributed by atoms with Gasteiger partial charge in [0.25, 0.3) is 11.8 Å². The van der Waals surface area contributed by atoms with Crippen molar-refractivity contribution in [2.75, 3.05) is 0 Å². The zero-order valence-corrected chi connectivity index (χ0v) is 19.7. The van der Waals surface area contributed by atoms with Crippen LogP contribution in [0.5, 0.6) is 0 Å². The molecule has 2 aromatic carbocycles. The van der Waals surface area contributed by atoms with E-state index in [9.17, 15) is 0 Å². The molecular formula is C24H26Cl3N2O2+. The zero-order valence-electron chi connectivity index (χ0n) is 17.5. The van der Waals surface area contributed by atoms with Crippen LogP contribution in [-0.4, -0.2) is 15.6 Å². The molecule has 0 bridgehead atoms. The number of aliphatic carboxylic acids is 1. The van der Waals surface area contributed by atoms with E-state index >= 15 is 0 Å². The number of carbonyl (C=O) groups is 1. The zero-order chi connectivity index (χ0) is 22.4. The molecular weight excluding hydrogens is 455 g/mol. The second-order valence-electron chi connectivity index (χ2n) is 7.64. The minimum absolute atomic E-state index is 0.669. The van der Waals surface area contributed by atoms with Gasteiger partial charge in [0.2, 0.25) is 0 Å². The van der Waals surface area contributed by atoms with Crippen LogP contribution in [0.1, 0.15) is 44.0 Å². The van der Waals surface area contributed by atoms with E-state index in [2.05, 4.69) is 27.5 Å². The normalized spacial score (nSPS) is 13.4. The van der Waals surface area contributed by atoms with Gasteiger partial charge >= 0.3 is 0 Å². The molecule has 0 aliphatic carbocycles. The monoisotopic (exact) mass is 479 g/mol. The van der Waals surface area contributed by atoms with Crippen molar-refractivity contribution in [3.63, 3.8) is 0 Å². The molecule has 0 saturated heterocycles. The molecule has 0 radical (unpaired) electrons. The topological polar surface area (TPSA) is 46.1 Å². The molecule has 0 amide bonds. The van der Waals surface area contributed by atoms with E-state index < -0.39 is 5.97 Å². The highest BCUT2D eigenvalue weighted by Crippen LogP contribution is 2.26. The van der Waals surface area contributed by atoms with Crippen LogP contribution < -0.4 is 4.57 Å². The Morgan fingerprint density at radius 2 is 1.65 bits per heavy atom. The van der Waals surface area contributed by atoms with Crippen molar-refractivity contribution in [3.8, 4) is 11.3 Å². The fraction of sp³-hybridized carbons (Fsp3) is 0.333. The maximum absolute atomic E-state index is 9.00. The third-order valence-electron chi connectivity index (χ3n) is 5.24. The van der Waals surface area contributed by atoms with Crippen molar-refractivity contribution in [1.29, 1.82) is 0 Å². The van der Waals surface area contributed by atoms with Crippen molar-refractivity contribution in [2.24, 2.45) is 0 Å². The number of halogens is 3. The number of carboxylic acid groups (broad SMARTS) is 1. The minimum Gasteiger partial charge on any atom is -0.481 e. The molecule has 4 rings (SSSR count).